The highest BCUT2D eigenvalue weighted by atomic mass is 15.1. The van der Waals surface area contributed by atoms with E-state index in [-0.39, 0.29) is 5.54 Å². The minimum atomic E-state index is -0.00935. The summed E-state index contributed by atoms with van der Waals surface area (Å²) in [5.41, 5.74) is 6.88. The van der Waals surface area contributed by atoms with Crippen LogP contribution in [0, 0.1) is 0 Å². The number of nitrogens with zero attached hydrogens (tertiary/aromatic N) is 1. The molecule has 0 aliphatic carbocycles. The van der Waals surface area contributed by atoms with Crippen LogP contribution in [0.2, 0.25) is 0 Å². The van der Waals surface area contributed by atoms with Gasteiger partial charge in [0.05, 0.1) is 0 Å². The van der Waals surface area contributed by atoms with Crippen molar-refractivity contribution in [3.63, 3.8) is 0 Å². The Morgan fingerprint density at radius 2 is 1.96 bits per heavy atom. The Morgan fingerprint density at radius 1 is 1.12 bits per heavy atom. The maximum absolute atomic E-state index is 3.42. The fourth-order valence-corrected chi connectivity index (χ4v) is 3.95. The van der Waals surface area contributed by atoms with Gasteiger partial charge in [-0.25, -0.2) is 0 Å². The van der Waals surface area contributed by atoms with E-state index >= 15 is 0 Å². The molecule has 130 valence electrons. The molecule has 3 heteroatoms. The minimum absolute atomic E-state index is 0.00935. The molecule has 1 unspecified atom stereocenters. The van der Waals surface area contributed by atoms with Crippen LogP contribution < -0.4 is 5.32 Å². The zero-order valence-corrected chi connectivity index (χ0v) is 15.6. The number of aromatic amines is 1. The van der Waals surface area contributed by atoms with E-state index in [1.54, 1.807) is 0 Å². The van der Waals surface area contributed by atoms with E-state index in [2.05, 4.69) is 78.6 Å². The summed E-state index contributed by atoms with van der Waals surface area (Å²) in [6.07, 6.45) is 2.02. The molecular formula is C22H27N3. The standard InChI is InChI=1S/C22H27N3/c1-22(2,23-3)18-6-7-19-17(12-18)13-25(4)14-20(19)15-5-8-21-16(11-15)9-10-24-21/h5-12,20,23-24H,13-14H2,1-4H3. The van der Waals surface area contributed by atoms with Crippen LogP contribution in [-0.2, 0) is 12.1 Å². The highest BCUT2D eigenvalue weighted by molar-refractivity contribution is 5.80. The average molecular weight is 333 g/mol. The number of likely N-dealkylation sites (N-methyl/N-ethyl adjacent to an activating group) is 1. The Kier molecular flexibility index (Phi) is 3.94. The normalized spacial score (nSPS) is 18.5. The monoisotopic (exact) mass is 333 g/mol. The second-order valence-electron chi connectivity index (χ2n) is 7.86. The van der Waals surface area contributed by atoms with E-state index in [4.69, 9.17) is 0 Å². The molecule has 25 heavy (non-hydrogen) atoms. The van der Waals surface area contributed by atoms with E-state index in [0.29, 0.717) is 5.92 Å². The van der Waals surface area contributed by atoms with Crippen LogP contribution in [0.25, 0.3) is 10.9 Å². The maximum Gasteiger partial charge on any atom is 0.0454 e. The minimum Gasteiger partial charge on any atom is -0.361 e. The lowest BCUT2D eigenvalue weighted by molar-refractivity contribution is 0.294. The summed E-state index contributed by atoms with van der Waals surface area (Å²) in [5, 5.41) is 4.71. The van der Waals surface area contributed by atoms with Crippen molar-refractivity contribution in [3.05, 3.63) is 70.9 Å². The molecule has 2 N–H and O–H groups in total. The Labute approximate surface area is 150 Å². The van der Waals surface area contributed by atoms with Gasteiger partial charge in [0.15, 0.2) is 0 Å². The Morgan fingerprint density at radius 3 is 2.76 bits per heavy atom. The number of fused-ring (bicyclic) bond motifs is 2. The average Bonchev–Trinajstić information content (AvgIpc) is 3.08. The van der Waals surface area contributed by atoms with Crippen molar-refractivity contribution in [2.24, 2.45) is 0 Å². The third kappa shape index (κ3) is 2.88. The Balaban J connectivity index is 1.78. The molecule has 0 amide bonds. The molecule has 0 saturated heterocycles. The highest BCUT2D eigenvalue weighted by Gasteiger charge is 2.27. The lowest BCUT2D eigenvalue weighted by Gasteiger charge is -2.34. The first kappa shape index (κ1) is 16.4. The molecule has 3 aromatic rings. The van der Waals surface area contributed by atoms with Crippen LogP contribution in [0.4, 0.5) is 0 Å². The van der Waals surface area contributed by atoms with Gasteiger partial charge in [0.25, 0.3) is 0 Å². The van der Waals surface area contributed by atoms with Gasteiger partial charge in [-0.15, -0.1) is 0 Å². The Bertz CT molecular complexity index is 907. The number of nitrogens with one attached hydrogen (secondary N) is 2. The van der Waals surface area contributed by atoms with Crippen LogP contribution in [0.1, 0.15) is 42.0 Å². The SMILES string of the molecule is CNC(C)(C)c1ccc2c(c1)CN(C)CC2c1ccc2[nH]ccc2c1. The van der Waals surface area contributed by atoms with Crippen molar-refractivity contribution < 1.29 is 0 Å². The van der Waals surface area contributed by atoms with Gasteiger partial charge in [-0.3, -0.25) is 0 Å². The van der Waals surface area contributed by atoms with Crippen molar-refractivity contribution in [3.8, 4) is 0 Å². The van der Waals surface area contributed by atoms with Gasteiger partial charge >= 0.3 is 0 Å². The number of rotatable bonds is 3. The first-order chi connectivity index (χ1) is 12.0. The van der Waals surface area contributed by atoms with E-state index in [1.807, 2.05) is 13.2 Å². The molecule has 1 aromatic heterocycles. The van der Waals surface area contributed by atoms with Crippen LogP contribution in [0.3, 0.4) is 0 Å². The van der Waals surface area contributed by atoms with Crippen LogP contribution in [0.15, 0.2) is 48.7 Å². The summed E-state index contributed by atoms with van der Waals surface area (Å²) in [6.45, 7) is 6.56. The van der Waals surface area contributed by atoms with Gasteiger partial charge < -0.3 is 15.2 Å². The van der Waals surface area contributed by atoms with E-state index in [1.165, 1.54) is 33.2 Å². The van der Waals surface area contributed by atoms with Crippen molar-refractivity contribution in [1.29, 1.82) is 0 Å². The number of hydrogen-bond acceptors (Lipinski definition) is 2. The fraction of sp³-hybridized carbons (Fsp3) is 0.364. The molecule has 1 aliphatic heterocycles. The summed E-state index contributed by atoms with van der Waals surface area (Å²) in [5.74, 6) is 0.430. The summed E-state index contributed by atoms with van der Waals surface area (Å²) in [7, 11) is 4.25. The quantitative estimate of drug-likeness (QED) is 0.753. The molecule has 0 bridgehead atoms. The molecule has 1 atom stereocenters. The molecule has 3 nitrogen and oxygen atoms in total. The molecule has 2 aromatic carbocycles. The Hall–Kier alpha value is -2.10. The lowest BCUT2D eigenvalue weighted by atomic mass is 9.82. The summed E-state index contributed by atoms with van der Waals surface area (Å²) in [4.78, 5) is 5.73. The smallest absolute Gasteiger partial charge is 0.0454 e. The van der Waals surface area contributed by atoms with Crippen LogP contribution >= 0.6 is 0 Å². The molecule has 0 fully saturated rings. The van der Waals surface area contributed by atoms with Crippen LogP contribution in [0.5, 0.6) is 0 Å². The molecule has 2 heterocycles. The van der Waals surface area contributed by atoms with Gasteiger partial charge in [-0.1, -0.05) is 24.3 Å². The molecule has 0 saturated carbocycles. The zero-order chi connectivity index (χ0) is 17.6. The second-order valence-corrected chi connectivity index (χ2v) is 7.86. The second kappa shape index (κ2) is 6.01. The van der Waals surface area contributed by atoms with Crippen molar-refractivity contribution in [1.82, 2.24) is 15.2 Å². The van der Waals surface area contributed by atoms with Gasteiger partial charge in [0, 0.05) is 36.3 Å². The summed E-state index contributed by atoms with van der Waals surface area (Å²) < 4.78 is 0. The van der Waals surface area contributed by atoms with Crippen molar-refractivity contribution in [2.75, 3.05) is 20.6 Å². The van der Waals surface area contributed by atoms with Crippen LogP contribution in [-0.4, -0.2) is 30.5 Å². The zero-order valence-electron chi connectivity index (χ0n) is 15.6. The molecule has 0 radical (unpaired) electrons. The topological polar surface area (TPSA) is 31.1 Å². The maximum atomic E-state index is 3.42. The molecule has 0 spiro atoms. The number of benzene rings is 2. The predicted octanol–water partition coefficient (Wildman–Crippen LogP) is 4.20. The third-order valence-electron chi connectivity index (χ3n) is 5.78. The first-order valence-corrected chi connectivity index (χ1v) is 9.06. The van der Waals surface area contributed by atoms with Gasteiger partial charge in [0.2, 0.25) is 0 Å². The van der Waals surface area contributed by atoms with Gasteiger partial charge in [-0.2, -0.15) is 0 Å². The largest absolute Gasteiger partial charge is 0.361 e. The highest BCUT2D eigenvalue weighted by Crippen LogP contribution is 2.36. The number of hydrogen-bond donors (Lipinski definition) is 2. The summed E-state index contributed by atoms with van der Waals surface area (Å²) >= 11 is 0. The third-order valence-corrected chi connectivity index (χ3v) is 5.78. The van der Waals surface area contributed by atoms with Crippen molar-refractivity contribution >= 4 is 10.9 Å². The van der Waals surface area contributed by atoms with Crippen molar-refractivity contribution in [2.45, 2.75) is 31.8 Å². The fourth-order valence-electron chi connectivity index (χ4n) is 3.95. The van der Waals surface area contributed by atoms with E-state index in [9.17, 15) is 0 Å². The van der Waals surface area contributed by atoms with E-state index < -0.39 is 0 Å². The number of aromatic nitrogens is 1. The van der Waals surface area contributed by atoms with Gasteiger partial charge in [-0.05, 0) is 73.8 Å². The van der Waals surface area contributed by atoms with E-state index in [0.717, 1.165) is 13.1 Å². The molecule has 1 aliphatic rings. The lowest BCUT2D eigenvalue weighted by Crippen LogP contribution is -2.35. The number of H-pyrrole nitrogens is 1. The first-order valence-electron chi connectivity index (χ1n) is 9.06. The molecular weight excluding hydrogens is 306 g/mol. The van der Waals surface area contributed by atoms with Gasteiger partial charge in [0.1, 0.15) is 0 Å². The summed E-state index contributed by atoms with van der Waals surface area (Å²) in [6, 6.07) is 16.0. The molecule has 4 rings (SSSR count). The predicted molar refractivity (Wildman–Crippen MR) is 105 cm³/mol.